The highest BCUT2D eigenvalue weighted by Crippen LogP contribution is 2.29. The number of hydrogen-bond acceptors (Lipinski definition) is 6. The molecule has 0 saturated carbocycles. The highest BCUT2D eigenvalue weighted by atomic mass is 32.2. The molecule has 10 heteroatoms. The maximum absolute atomic E-state index is 12.7. The van der Waals surface area contributed by atoms with Gasteiger partial charge in [-0.05, 0) is 31.2 Å². The van der Waals surface area contributed by atoms with E-state index < -0.39 is 21.6 Å². The summed E-state index contributed by atoms with van der Waals surface area (Å²) in [6.45, 7) is 1.47. The topological polar surface area (TPSA) is 109 Å². The van der Waals surface area contributed by atoms with Crippen LogP contribution < -0.4 is 20.5 Å². The van der Waals surface area contributed by atoms with Crippen molar-refractivity contribution < 1.29 is 22.7 Å². The van der Waals surface area contributed by atoms with E-state index in [1.165, 1.54) is 32.5 Å². The van der Waals surface area contributed by atoms with Crippen molar-refractivity contribution in [1.82, 2.24) is 8.54 Å². The van der Waals surface area contributed by atoms with E-state index in [-0.39, 0.29) is 11.4 Å². The highest BCUT2D eigenvalue weighted by molar-refractivity contribution is 7.90. The number of benzene rings is 2. The molecule has 3 aromatic rings. The Kier molecular flexibility index (Phi) is 5.97. The summed E-state index contributed by atoms with van der Waals surface area (Å²) in [6.07, 6.45) is 2.38. The SMILES string of the molecule is COc1ccc(NC(=O)Cn2ccn(S(=O)(=O)c3ccc(C)cc3)c2=O)cc1OC. The number of amides is 1. The number of anilines is 1. The molecule has 1 N–H and O–H groups in total. The van der Waals surface area contributed by atoms with Crippen LogP contribution in [0.25, 0.3) is 0 Å². The van der Waals surface area contributed by atoms with Crippen LogP contribution in [0.2, 0.25) is 0 Å². The minimum atomic E-state index is -4.06. The van der Waals surface area contributed by atoms with Crippen molar-refractivity contribution in [2.24, 2.45) is 0 Å². The van der Waals surface area contributed by atoms with Gasteiger partial charge in [0, 0.05) is 24.1 Å². The molecule has 0 atom stereocenters. The number of imidazole rings is 1. The van der Waals surface area contributed by atoms with Gasteiger partial charge in [0.05, 0.1) is 19.1 Å². The monoisotopic (exact) mass is 431 g/mol. The zero-order valence-electron chi connectivity index (χ0n) is 16.7. The van der Waals surface area contributed by atoms with E-state index in [0.717, 1.165) is 16.3 Å². The summed E-state index contributed by atoms with van der Waals surface area (Å²) in [5, 5.41) is 2.64. The van der Waals surface area contributed by atoms with E-state index in [9.17, 15) is 18.0 Å². The van der Waals surface area contributed by atoms with Gasteiger partial charge in [-0.2, -0.15) is 3.97 Å². The molecule has 1 aromatic heterocycles. The molecule has 1 heterocycles. The van der Waals surface area contributed by atoms with Crippen LogP contribution in [0.5, 0.6) is 11.5 Å². The van der Waals surface area contributed by atoms with Crippen LogP contribution in [-0.4, -0.2) is 37.1 Å². The summed E-state index contributed by atoms with van der Waals surface area (Å²) in [5.74, 6) is 0.433. The molecule has 0 unspecified atom stereocenters. The van der Waals surface area contributed by atoms with Crippen molar-refractivity contribution in [3.8, 4) is 11.5 Å². The second-order valence-corrected chi connectivity index (χ2v) is 8.26. The van der Waals surface area contributed by atoms with Crippen molar-refractivity contribution in [3.05, 3.63) is 70.9 Å². The lowest BCUT2D eigenvalue weighted by Gasteiger charge is -2.10. The Labute approximate surface area is 173 Å². The van der Waals surface area contributed by atoms with Gasteiger partial charge in [-0.1, -0.05) is 17.7 Å². The Morgan fingerprint density at radius 2 is 1.67 bits per heavy atom. The second kappa shape index (κ2) is 8.46. The Hall–Kier alpha value is -3.53. The molecule has 30 heavy (non-hydrogen) atoms. The number of aryl methyl sites for hydroxylation is 1. The summed E-state index contributed by atoms with van der Waals surface area (Å²) in [5.41, 5.74) is 0.501. The maximum atomic E-state index is 12.7. The van der Waals surface area contributed by atoms with Gasteiger partial charge in [0.2, 0.25) is 5.91 Å². The molecule has 2 aromatic carbocycles. The van der Waals surface area contributed by atoms with Crippen LogP contribution in [0, 0.1) is 6.92 Å². The predicted molar refractivity (Wildman–Crippen MR) is 111 cm³/mol. The largest absolute Gasteiger partial charge is 0.493 e. The molecule has 0 aliphatic rings. The number of nitrogens with zero attached hydrogens (tertiary/aromatic N) is 2. The molecule has 0 bridgehead atoms. The molecule has 0 saturated heterocycles. The fourth-order valence-electron chi connectivity index (χ4n) is 2.79. The van der Waals surface area contributed by atoms with Gasteiger partial charge in [-0.15, -0.1) is 0 Å². The molecular weight excluding hydrogens is 410 g/mol. The van der Waals surface area contributed by atoms with Crippen molar-refractivity contribution in [2.45, 2.75) is 18.4 Å². The number of hydrogen-bond donors (Lipinski definition) is 1. The van der Waals surface area contributed by atoms with E-state index >= 15 is 0 Å². The Morgan fingerprint density at radius 1 is 1.00 bits per heavy atom. The third-order valence-electron chi connectivity index (χ3n) is 4.38. The Balaban J connectivity index is 1.79. The lowest BCUT2D eigenvalue weighted by molar-refractivity contribution is -0.116. The molecule has 0 spiro atoms. The average molecular weight is 431 g/mol. The standard InChI is InChI=1S/C20H21N3O6S/c1-14-4-7-16(8-5-14)30(26,27)23-11-10-22(20(23)25)13-19(24)21-15-6-9-17(28-2)18(12-15)29-3/h4-12H,13H2,1-3H3,(H,21,24). The molecule has 0 aliphatic heterocycles. The van der Waals surface area contributed by atoms with E-state index in [0.29, 0.717) is 21.2 Å². The first-order valence-electron chi connectivity index (χ1n) is 8.88. The highest BCUT2D eigenvalue weighted by Gasteiger charge is 2.21. The minimum absolute atomic E-state index is 0.0114. The Bertz CT molecular complexity index is 1230. The molecule has 158 valence electrons. The second-order valence-electron chi connectivity index (χ2n) is 6.44. The smallest absolute Gasteiger partial charge is 0.342 e. The van der Waals surface area contributed by atoms with Crippen LogP contribution in [0.4, 0.5) is 5.69 Å². The van der Waals surface area contributed by atoms with Crippen molar-refractivity contribution in [1.29, 1.82) is 0 Å². The molecule has 1 amide bonds. The third kappa shape index (κ3) is 4.23. The minimum Gasteiger partial charge on any atom is -0.493 e. The first kappa shape index (κ1) is 21.2. The fourth-order valence-corrected chi connectivity index (χ4v) is 4.02. The van der Waals surface area contributed by atoms with E-state index in [4.69, 9.17) is 9.47 Å². The van der Waals surface area contributed by atoms with E-state index in [1.807, 2.05) is 6.92 Å². The van der Waals surface area contributed by atoms with Gasteiger partial charge in [-0.25, -0.2) is 13.2 Å². The van der Waals surface area contributed by atoms with Crippen molar-refractivity contribution >= 4 is 21.6 Å². The normalized spacial score (nSPS) is 11.2. The molecule has 3 rings (SSSR count). The summed E-state index contributed by atoms with van der Waals surface area (Å²) >= 11 is 0. The molecule has 9 nitrogen and oxygen atoms in total. The van der Waals surface area contributed by atoms with Gasteiger partial charge in [0.25, 0.3) is 10.0 Å². The van der Waals surface area contributed by atoms with Crippen molar-refractivity contribution in [2.75, 3.05) is 19.5 Å². The first-order valence-corrected chi connectivity index (χ1v) is 10.3. The number of ether oxygens (including phenoxy) is 2. The van der Waals surface area contributed by atoms with Gasteiger partial charge in [0.1, 0.15) is 6.54 Å². The number of carbonyl (C=O) groups is 1. The summed E-state index contributed by atoms with van der Waals surface area (Å²) in [6, 6.07) is 11.0. The third-order valence-corrected chi connectivity index (χ3v) is 6.04. The molecular formula is C20H21N3O6S. The summed E-state index contributed by atoms with van der Waals surface area (Å²) in [4.78, 5) is 24.9. The van der Waals surface area contributed by atoms with Gasteiger partial charge >= 0.3 is 5.69 Å². The first-order chi connectivity index (χ1) is 14.3. The number of aromatic nitrogens is 2. The van der Waals surface area contributed by atoms with Crippen LogP contribution in [0.3, 0.4) is 0 Å². The summed E-state index contributed by atoms with van der Waals surface area (Å²) < 4.78 is 37.4. The predicted octanol–water partition coefficient (Wildman–Crippen LogP) is 1.85. The zero-order valence-corrected chi connectivity index (χ0v) is 17.5. The summed E-state index contributed by atoms with van der Waals surface area (Å²) in [7, 11) is -1.09. The number of nitrogens with one attached hydrogen (secondary N) is 1. The van der Waals surface area contributed by atoms with E-state index in [1.54, 1.807) is 30.3 Å². The number of rotatable bonds is 7. The fraction of sp³-hybridized carbons (Fsp3) is 0.200. The quantitative estimate of drug-likeness (QED) is 0.612. The maximum Gasteiger partial charge on any atom is 0.342 e. The van der Waals surface area contributed by atoms with Crippen LogP contribution >= 0.6 is 0 Å². The lowest BCUT2D eigenvalue weighted by atomic mass is 10.2. The van der Waals surface area contributed by atoms with Crippen LogP contribution in [0.15, 0.2) is 64.5 Å². The van der Waals surface area contributed by atoms with Gasteiger partial charge in [-0.3, -0.25) is 9.36 Å². The number of carbonyl (C=O) groups excluding carboxylic acids is 1. The average Bonchev–Trinajstić information content (AvgIpc) is 3.09. The van der Waals surface area contributed by atoms with Crippen LogP contribution in [0.1, 0.15) is 5.56 Å². The number of methoxy groups -OCH3 is 2. The van der Waals surface area contributed by atoms with Gasteiger partial charge < -0.3 is 14.8 Å². The molecule has 0 aliphatic carbocycles. The lowest BCUT2D eigenvalue weighted by Crippen LogP contribution is -2.32. The van der Waals surface area contributed by atoms with Crippen molar-refractivity contribution in [3.63, 3.8) is 0 Å². The molecule has 0 fully saturated rings. The zero-order chi connectivity index (χ0) is 21.9. The van der Waals surface area contributed by atoms with Crippen LogP contribution in [-0.2, 0) is 21.4 Å². The van der Waals surface area contributed by atoms with Gasteiger partial charge in [0.15, 0.2) is 11.5 Å². The Morgan fingerprint density at radius 3 is 2.30 bits per heavy atom. The van der Waals surface area contributed by atoms with E-state index in [2.05, 4.69) is 5.32 Å². The molecule has 0 radical (unpaired) electrons.